The summed E-state index contributed by atoms with van der Waals surface area (Å²) in [5.41, 5.74) is 0.699. The van der Waals surface area contributed by atoms with Crippen molar-refractivity contribution in [1.29, 1.82) is 0 Å². The molecule has 0 bridgehead atoms. The molecule has 1 aromatic carbocycles. The van der Waals surface area contributed by atoms with Crippen LogP contribution in [0.1, 0.15) is 0 Å². The second kappa shape index (κ2) is 4.94. The van der Waals surface area contributed by atoms with E-state index in [0.717, 1.165) is 4.70 Å². The van der Waals surface area contributed by atoms with Crippen LogP contribution < -0.4 is 5.32 Å². The number of carbonyl (C=O) groups excluding carboxylic acids is 1. The van der Waals surface area contributed by atoms with Crippen molar-refractivity contribution in [1.82, 2.24) is 20.0 Å². The van der Waals surface area contributed by atoms with Crippen LogP contribution in [-0.2, 0) is 11.3 Å². The van der Waals surface area contributed by atoms with Gasteiger partial charge in [0.2, 0.25) is 5.91 Å². The number of nitrogens with zero attached hydrogens (tertiary/aromatic N) is 4. The van der Waals surface area contributed by atoms with Crippen molar-refractivity contribution in [2.24, 2.45) is 0 Å². The summed E-state index contributed by atoms with van der Waals surface area (Å²) in [5, 5.41) is 11.2. The topological polar surface area (TPSA) is 72.7 Å². The van der Waals surface area contributed by atoms with Gasteiger partial charge in [0.25, 0.3) is 0 Å². The highest BCUT2D eigenvalue weighted by Gasteiger charge is 2.10. The van der Waals surface area contributed by atoms with Gasteiger partial charge >= 0.3 is 0 Å². The molecule has 19 heavy (non-hydrogen) atoms. The summed E-state index contributed by atoms with van der Waals surface area (Å²) in [6, 6.07) is 5.53. The summed E-state index contributed by atoms with van der Waals surface area (Å²) in [6.45, 7) is 0.101. The van der Waals surface area contributed by atoms with Gasteiger partial charge in [-0.25, -0.2) is 9.67 Å². The molecule has 1 amide bonds. The Kier molecular flexibility index (Phi) is 3.14. The fourth-order valence-electron chi connectivity index (χ4n) is 1.59. The largest absolute Gasteiger partial charge is 0.300 e. The van der Waals surface area contributed by atoms with Crippen LogP contribution in [0, 0.1) is 0 Å². The van der Waals surface area contributed by atoms with Gasteiger partial charge in [-0.2, -0.15) is 0 Å². The summed E-state index contributed by atoms with van der Waals surface area (Å²) in [4.78, 5) is 16.1. The Bertz CT molecular complexity index is 724. The van der Waals surface area contributed by atoms with Crippen LogP contribution in [0.4, 0.5) is 5.13 Å². The highest BCUT2D eigenvalue weighted by molar-refractivity contribution is 7.22. The van der Waals surface area contributed by atoms with Gasteiger partial charge in [-0.1, -0.05) is 34.2 Å². The number of amides is 1. The number of para-hydroxylation sites is 1. The van der Waals surface area contributed by atoms with Crippen molar-refractivity contribution in [3.05, 3.63) is 35.6 Å². The molecule has 0 saturated heterocycles. The van der Waals surface area contributed by atoms with E-state index < -0.39 is 0 Å². The number of rotatable bonds is 3. The Morgan fingerprint density at radius 1 is 1.47 bits per heavy atom. The third-order valence-corrected chi connectivity index (χ3v) is 3.63. The standard InChI is InChI=1S/C11H8ClN5OS/c12-7-2-1-3-8-10(7)15-11(19-8)14-9(18)6-17-5-4-13-16-17/h1-5H,6H2,(H,14,15,18). The Morgan fingerprint density at radius 2 is 2.37 bits per heavy atom. The highest BCUT2D eigenvalue weighted by Crippen LogP contribution is 2.30. The molecule has 0 aliphatic rings. The Hall–Kier alpha value is -1.99. The lowest BCUT2D eigenvalue weighted by atomic mass is 10.3. The zero-order valence-corrected chi connectivity index (χ0v) is 11.1. The van der Waals surface area contributed by atoms with Crippen LogP contribution in [0.25, 0.3) is 10.2 Å². The molecule has 0 aliphatic heterocycles. The molecule has 2 heterocycles. The second-order valence-electron chi connectivity index (χ2n) is 3.75. The first-order chi connectivity index (χ1) is 9.22. The first-order valence-electron chi connectivity index (χ1n) is 5.41. The number of anilines is 1. The number of thiazole rings is 1. The summed E-state index contributed by atoms with van der Waals surface area (Å²) in [5.74, 6) is -0.208. The monoisotopic (exact) mass is 293 g/mol. The molecule has 0 saturated carbocycles. The lowest BCUT2D eigenvalue weighted by Gasteiger charge is -2.00. The molecule has 8 heteroatoms. The van der Waals surface area contributed by atoms with E-state index in [1.54, 1.807) is 12.3 Å². The van der Waals surface area contributed by atoms with E-state index in [2.05, 4.69) is 20.6 Å². The SMILES string of the molecule is O=C(Cn1ccnn1)Nc1nc2c(Cl)cccc2s1. The third-order valence-electron chi connectivity index (χ3n) is 2.39. The maximum atomic E-state index is 11.8. The molecule has 96 valence electrons. The summed E-state index contributed by atoms with van der Waals surface area (Å²) in [6.07, 6.45) is 3.14. The minimum absolute atomic E-state index is 0.101. The molecule has 3 aromatic rings. The van der Waals surface area contributed by atoms with Crippen LogP contribution in [-0.4, -0.2) is 25.9 Å². The van der Waals surface area contributed by atoms with E-state index in [9.17, 15) is 4.79 Å². The number of benzene rings is 1. The third kappa shape index (κ3) is 2.56. The van der Waals surface area contributed by atoms with Gasteiger partial charge in [0.05, 0.1) is 15.9 Å². The fourth-order valence-corrected chi connectivity index (χ4v) is 2.77. The van der Waals surface area contributed by atoms with Crippen molar-refractivity contribution >= 4 is 44.2 Å². The minimum atomic E-state index is -0.208. The molecular formula is C11H8ClN5OS. The van der Waals surface area contributed by atoms with Gasteiger partial charge in [-0.05, 0) is 12.1 Å². The zero-order chi connectivity index (χ0) is 13.2. The number of nitrogens with one attached hydrogen (secondary N) is 1. The molecule has 0 aliphatic carbocycles. The minimum Gasteiger partial charge on any atom is -0.300 e. The molecule has 0 radical (unpaired) electrons. The van der Waals surface area contributed by atoms with E-state index in [1.807, 2.05) is 12.1 Å². The fraction of sp³-hybridized carbons (Fsp3) is 0.0909. The molecule has 0 spiro atoms. The predicted molar refractivity (Wildman–Crippen MR) is 73.3 cm³/mol. The molecule has 0 atom stereocenters. The van der Waals surface area contributed by atoms with E-state index in [0.29, 0.717) is 15.7 Å². The zero-order valence-electron chi connectivity index (χ0n) is 9.58. The van der Waals surface area contributed by atoms with Crippen molar-refractivity contribution in [2.75, 3.05) is 5.32 Å². The number of hydrogen-bond donors (Lipinski definition) is 1. The first-order valence-corrected chi connectivity index (χ1v) is 6.61. The Morgan fingerprint density at radius 3 is 3.11 bits per heavy atom. The second-order valence-corrected chi connectivity index (χ2v) is 5.19. The van der Waals surface area contributed by atoms with Gasteiger partial charge in [0.15, 0.2) is 5.13 Å². The van der Waals surface area contributed by atoms with Crippen LogP contribution >= 0.6 is 22.9 Å². The van der Waals surface area contributed by atoms with E-state index in [1.165, 1.54) is 22.2 Å². The highest BCUT2D eigenvalue weighted by atomic mass is 35.5. The Balaban J connectivity index is 1.78. The van der Waals surface area contributed by atoms with Crippen molar-refractivity contribution in [2.45, 2.75) is 6.54 Å². The first kappa shape index (κ1) is 12.1. The summed E-state index contributed by atoms with van der Waals surface area (Å²) < 4.78 is 2.37. The summed E-state index contributed by atoms with van der Waals surface area (Å²) >= 11 is 7.41. The molecule has 0 fully saturated rings. The lowest BCUT2D eigenvalue weighted by molar-refractivity contribution is -0.116. The molecule has 2 aromatic heterocycles. The van der Waals surface area contributed by atoms with Crippen molar-refractivity contribution in [3.8, 4) is 0 Å². The van der Waals surface area contributed by atoms with Crippen molar-refractivity contribution < 1.29 is 4.79 Å². The smallest absolute Gasteiger partial charge is 0.247 e. The number of fused-ring (bicyclic) bond motifs is 1. The van der Waals surface area contributed by atoms with Gasteiger partial charge < -0.3 is 5.32 Å². The number of halogens is 1. The van der Waals surface area contributed by atoms with Crippen LogP contribution in [0.15, 0.2) is 30.6 Å². The van der Waals surface area contributed by atoms with Gasteiger partial charge in [0.1, 0.15) is 12.1 Å². The van der Waals surface area contributed by atoms with Gasteiger partial charge in [-0.3, -0.25) is 4.79 Å². The molecule has 0 unspecified atom stereocenters. The normalized spacial score (nSPS) is 10.8. The average molecular weight is 294 g/mol. The number of carbonyl (C=O) groups is 1. The maximum Gasteiger partial charge on any atom is 0.247 e. The predicted octanol–water partition coefficient (Wildman–Crippen LogP) is 2.18. The summed E-state index contributed by atoms with van der Waals surface area (Å²) in [7, 11) is 0. The van der Waals surface area contributed by atoms with E-state index in [-0.39, 0.29) is 12.5 Å². The van der Waals surface area contributed by atoms with Crippen LogP contribution in [0.2, 0.25) is 5.02 Å². The molecular weight excluding hydrogens is 286 g/mol. The number of hydrogen-bond acceptors (Lipinski definition) is 5. The van der Waals surface area contributed by atoms with Crippen molar-refractivity contribution in [3.63, 3.8) is 0 Å². The van der Waals surface area contributed by atoms with Gasteiger partial charge in [0, 0.05) is 6.20 Å². The average Bonchev–Trinajstić information content (AvgIpc) is 2.98. The molecule has 3 rings (SSSR count). The van der Waals surface area contributed by atoms with E-state index >= 15 is 0 Å². The van der Waals surface area contributed by atoms with Crippen LogP contribution in [0.3, 0.4) is 0 Å². The quantitative estimate of drug-likeness (QED) is 0.803. The van der Waals surface area contributed by atoms with Gasteiger partial charge in [-0.15, -0.1) is 5.10 Å². The molecule has 1 N–H and O–H groups in total. The number of aromatic nitrogens is 4. The maximum absolute atomic E-state index is 11.8. The molecule has 6 nitrogen and oxygen atoms in total. The van der Waals surface area contributed by atoms with Crippen LogP contribution in [0.5, 0.6) is 0 Å². The van der Waals surface area contributed by atoms with E-state index in [4.69, 9.17) is 11.6 Å². The Labute approximate surface area is 117 Å². The lowest BCUT2D eigenvalue weighted by Crippen LogP contribution is -2.18.